The second-order valence-electron chi connectivity index (χ2n) is 3.57. The van der Waals surface area contributed by atoms with Crippen molar-refractivity contribution in [3.8, 4) is 0 Å². The molecule has 0 aromatic heterocycles. The van der Waals surface area contributed by atoms with Crippen LogP contribution in [-0.4, -0.2) is 25.6 Å². The predicted molar refractivity (Wildman–Crippen MR) is 69.3 cm³/mol. The van der Waals surface area contributed by atoms with Crippen molar-refractivity contribution in [1.29, 1.82) is 0 Å². The van der Waals surface area contributed by atoms with E-state index in [9.17, 15) is 4.39 Å². The summed E-state index contributed by atoms with van der Waals surface area (Å²) in [6.07, 6.45) is 0.881. The normalized spacial score (nSPS) is 10.8. The fraction of sp³-hybridized carbons (Fsp3) is 0.500. The minimum absolute atomic E-state index is 0.275. The number of halogens is 3. The van der Waals surface area contributed by atoms with Crippen LogP contribution in [0, 0.1) is 5.82 Å². The van der Waals surface area contributed by atoms with E-state index >= 15 is 0 Å². The van der Waals surface area contributed by atoms with Crippen LogP contribution >= 0.6 is 23.2 Å². The summed E-state index contributed by atoms with van der Waals surface area (Å²) in [6, 6.07) is 4.70. The van der Waals surface area contributed by atoms with Crippen LogP contribution in [0.2, 0.25) is 5.02 Å². The Morgan fingerprint density at radius 2 is 2.12 bits per heavy atom. The van der Waals surface area contributed by atoms with Crippen LogP contribution in [0.1, 0.15) is 12.0 Å². The van der Waals surface area contributed by atoms with Crippen molar-refractivity contribution in [1.82, 2.24) is 5.32 Å². The van der Waals surface area contributed by atoms with Gasteiger partial charge in [-0.05, 0) is 25.1 Å². The lowest BCUT2D eigenvalue weighted by Crippen LogP contribution is -2.17. The van der Waals surface area contributed by atoms with Crippen molar-refractivity contribution in [2.24, 2.45) is 0 Å². The number of rotatable bonds is 8. The maximum absolute atomic E-state index is 13.4. The third-order valence-corrected chi connectivity index (χ3v) is 2.58. The minimum atomic E-state index is -0.275. The van der Waals surface area contributed by atoms with Gasteiger partial charge in [0.15, 0.2) is 0 Å². The molecule has 0 saturated carbocycles. The van der Waals surface area contributed by atoms with Crippen molar-refractivity contribution in [2.75, 3.05) is 25.6 Å². The lowest BCUT2D eigenvalue weighted by Gasteiger charge is -2.06. The monoisotopic (exact) mass is 279 g/mol. The Morgan fingerprint density at radius 1 is 1.29 bits per heavy atom. The first-order valence-corrected chi connectivity index (χ1v) is 6.43. The SMILES string of the molecule is Fc1cc(Cl)ccc1CNCCCOCCCl. The average Bonchev–Trinajstić information content (AvgIpc) is 2.30. The summed E-state index contributed by atoms with van der Waals surface area (Å²) < 4.78 is 18.6. The Hall–Kier alpha value is -0.350. The van der Waals surface area contributed by atoms with Gasteiger partial charge in [0.05, 0.1) is 6.61 Å². The first kappa shape index (κ1) is 14.7. The van der Waals surface area contributed by atoms with E-state index in [1.165, 1.54) is 6.07 Å². The average molecular weight is 280 g/mol. The van der Waals surface area contributed by atoms with Crippen LogP contribution in [-0.2, 0) is 11.3 Å². The molecule has 1 aromatic rings. The van der Waals surface area contributed by atoms with Crippen LogP contribution in [0.4, 0.5) is 4.39 Å². The Bertz CT molecular complexity index is 336. The van der Waals surface area contributed by atoms with Gasteiger partial charge in [0.1, 0.15) is 5.82 Å². The molecule has 17 heavy (non-hydrogen) atoms. The van der Waals surface area contributed by atoms with Gasteiger partial charge in [0.25, 0.3) is 0 Å². The molecule has 0 amide bonds. The molecule has 1 rings (SSSR count). The molecule has 0 unspecified atom stereocenters. The molecule has 1 N–H and O–H groups in total. The third-order valence-electron chi connectivity index (χ3n) is 2.19. The molecule has 1 aromatic carbocycles. The van der Waals surface area contributed by atoms with E-state index in [0.717, 1.165) is 13.0 Å². The van der Waals surface area contributed by atoms with Crippen molar-refractivity contribution in [2.45, 2.75) is 13.0 Å². The molecule has 0 aliphatic carbocycles. The van der Waals surface area contributed by atoms with Gasteiger partial charge in [-0.25, -0.2) is 4.39 Å². The Morgan fingerprint density at radius 3 is 2.82 bits per heavy atom. The molecule has 96 valence electrons. The zero-order valence-electron chi connectivity index (χ0n) is 9.52. The lowest BCUT2D eigenvalue weighted by molar-refractivity contribution is 0.146. The quantitative estimate of drug-likeness (QED) is 0.583. The smallest absolute Gasteiger partial charge is 0.129 e. The van der Waals surface area contributed by atoms with Crippen molar-refractivity contribution in [3.05, 3.63) is 34.6 Å². The van der Waals surface area contributed by atoms with Gasteiger partial charge in [0, 0.05) is 29.6 Å². The first-order chi connectivity index (χ1) is 8.24. The zero-order valence-corrected chi connectivity index (χ0v) is 11.0. The molecule has 0 fully saturated rings. The van der Waals surface area contributed by atoms with Gasteiger partial charge in [-0.3, -0.25) is 0 Å². The van der Waals surface area contributed by atoms with Crippen molar-refractivity contribution < 1.29 is 9.13 Å². The number of alkyl halides is 1. The third kappa shape index (κ3) is 6.22. The molecule has 0 aliphatic rings. The van der Waals surface area contributed by atoms with Gasteiger partial charge in [0.2, 0.25) is 0 Å². The number of benzene rings is 1. The van der Waals surface area contributed by atoms with E-state index in [2.05, 4.69) is 5.32 Å². The van der Waals surface area contributed by atoms with E-state index in [0.29, 0.717) is 36.2 Å². The molecule has 5 heteroatoms. The minimum Gasteiger partial charge on any atom is -0.380 e. The molecule has 0 heterocycles. The topological polar surface area (TPSA) is 21.3 Å². The standard InChI is InChI=1S/C12H16Cl2FNO/c13-4-7-17-6-1-5-16-9-10-2-3-11(14)8-12(10)15/h2-3,8,16H,1,4-7,9H2. The molecule has 0 aliphatic heterocycles. The number of hydrogen-bond donors (Lipinski definition) is 1. The molecule has 2 nitrogen and oxygen atoms in total. The van der Waals surface area contributed by atoms with E-state index in [-0.39, 0.29) is 5.82 Å². The van der Waals surface area contributed by atoms with Gasteiger partial charge in [-0.15, -0.1) is 11.6 Å². The maximum Gasteiger partial charge on any atom is 0.129 e. The number of ether oxygens (including phenoxy) is 1. The second-order valence-corrected chi connectivity index (χ2v) is 4.38. The summed E-state index contributed by atoms with van der Waals surface area (Å²) in [4.78, 5) is 0. The summed E-state index contributed by atoms with van der Waals surface area (Å²) in [7, 11) is 0. The fourth-order valence-electron chi connectivity index (χ4n) is 1.34. The highest BCUT2D eigenvalue weighted by Gasteiger charge is 2.01. The molecular formula is C12H16Cl2FNO. The summed E-state index contributed by atoms with van der Waals surface area (Å²) in [5.41, 5.74) is 0.621. The van der Waals surface area contributed by atoms with E-state index in [4.69, 9.17) is 27.9 Å². The Labute approximate surface area is 111 Å². The predicted octanol–water partition coefficient (Wildman–Crippen LogP) is 3.21. The van der Waals surface area contributed by atoms with Crippen molar-refractivity contribution >= 4 is 23.2 Å². The van der Waals surface area contributed by atoms with Crippen LogP contribution in [0.15, 0.2) is 18.2 Å². The van der Waals surface area contributed by atoms with Crippen molar-refractivity contribution in [3.63, 3.8) is 0 Å². The van der Waals surface area contributed by atoms with Gasteiger partial charge >= 0.3 is 0 Å². The molecule has 0 bridgehead atoms. The number of nitrogens with one attached hydrogen (secondary N) is 1. The number of hydrogen-bond acceptors (Lipinski definition) is 2. The molecule has 0 radical (unpaired) electrons. The summed E-state index contributed by atoms with van der Waals surface area (Å²) in [6.45, 7) is 2.53. The van der Waals surface area contributed by atoms with Crippen LogP contribution in [0.25, 0.3) is 0 Å². The Balaban J connectivity index is 2.14. The Kier molecular flexibility index (Phi) is 7.53. The fourth-order valence-corrected chi connectivity index (χ4v) is 1.61. The highest BCUT2D eigenvalue weighted by molar-refractivity contribution is 6.30. The van der Waals surface area contributed by atoms with E-state index in [1.54, 1.807) is 12.1 Å². The first-order valence-electron chi connectivity index (χ1n) is 5.52. The van der Waals surface area contributed by atoms with Gasteiger partial charge in [-0.1, -0.05) is 17.7 Å². The van der Waals surface area contributed by atoms with Gasteiger partial charge in [-0.2, -0.15) is 0 Å². The van der Waals surface area contributed by atoms with Gasteiger partial charge < -0.3 is 10.1 Å². The molecule has 0 saturated heterocycles. The van der Waals surface area contributed by atoms with E-state index in [1.807, 2.05) is 0 Å². The second kappa shape index (κ2) is 8.70. The maximum atomic E-state index is 13.4. The molecule has 0 atom stereocenters. The highest BCUT2D eigenvalue weighted by Crippen LogP contribution is 2.14. The largest absolute Gasteiger partial charge is 0.380 e. The van der Waals surface area contributed by atoms with Crippen LogP contribution in [0.5, 0.6) is 0 Å². The summed E-state index contributed by atoms with van der Waals surface area (Å²) >= 11 is 11.1. The lowest BCUT2D eigenvalue weighted by atomic mass is 10.2. The zero-order chi connectivity index (χ0) is 12.5. The molecular weight excluding hydrogens is 264 g/mol. The molecule has 0 spiro atoms. The van der Waals surface area contributed by atoms with Crippen LogP contribution in [0.3, 0.4) is 0 Å². The van der Waals surface area contributed by atoms with Crippen LogP contribution < -0.4 is 5.32 Å². The van der Waals surface area contributed by atoms with E-state index < -0.39 is 0 Å². The highest BCUT2D eigenvalue weighted by atomic mass is 35.5. The summed E-state index contributed by atoms with van der Waals surface area (Å²) in [5, 5.41) is 3.56. The summed E-state index contributed by atoms with van der Waals surface area (Å²) in [5.74, 6) is 0.243.